The van der Waals surface area contributed by atoms with Crippen molar-refractivity contribution in [1.29, 1.82) is 0 Å². The van der Waals surface area contributed by atoms with Crippen molar-refractivity contribution in [2.75, 3.05) is 0 Å². The maximum absolute atomic E-state index is 11.0. The van der Waals surface area contributed by atoms with E-state index < -0.39 is 11.9 Å². The molecule has 0 unspecified atom stereocenters. The van der Waals surface area contributed by atoms with Gasteiger partial charge in [0.2, 0.25) is 0 Å². The number of carboxylic acid groups (broad SMARTS) is 2. The second-order valence-electron chi connectivity index (χ2n) is 3.67. The van der Waals surface area contributed by atoms with Crippen molar-refractivity contribution in [3.05, 3.63) is 59.7 Å². The van der Waals surface area contributed by atoms with Crippen molar-refractivity contribution in [3.63, 3.8) is 0 Å². The zero-order valence-electron chi connectivity index (χ0n) is 9.61. The summed E-state index contributed by atoms with van der Waals surface area (Å²) in [6.45, 7) is 0. The topological polar surface area (TPSA) is 80.3 Å². The average Bonchev–Trinajstić information content (AvgIpc) is 2.38. The maximum Gasteiger partial charge on any atom is 2.00 e. The van der Waals surface area contributed by atoms with Gasteiger partial charge in [-0.05, 0) is 11.1 Å². The van der Waals surface area contributed by atoms with Crippen LogP contribution in [0.2, 0.25) is 0 Å². The van der Waals surface area contributed by atoms with Crippen molar-refractivity contribution in [3.8, 4) is 11.1 Å². The smallest absolute Gasteiger partial charge is 0.545 e. The second kappa shape index (κ2) is 6.18. The van der Waals surface area contributed by atoms with Crippen molar-refractivity contribution in [2.24, 2.45) is 0 Å². The normalized spacial score (nSPS) is 9.47. The van der Waals surface area contributed by atoms with Gasteiger partial charge in [0, 0.05) is 11.1 Å². The van der Waals surface area contributed by atoms with Gasteiger partial charge in [-0.3, -0.25) is 0 Å². The van der Waals surface area contributed by atoms with Crippen LogP contribution in [0.15, 0.2) is 48.5 Å². The predicted molar refractivity (Wildman–Crippen MR) is 60.5 cm³/mol. The molecule has 19 heavy (non-hydrogen) atoms. The van der Waals surface area contributed by atoms with Gasteiger partial charge < -0.3 is 19.8 Å². The Kier molecular flexibility index (Phi) is 4.87. The van der Waals surface area contributed by atoms with Gasteiger partial charge in [0.05, 0.1) is 11.9 Å². The number of carbonyl (C=O) groups excluding carboxylic acids is 2. The molecule has 0 aliphatic heterocycles. The van der Waals surface area contributed by atoms with Gasteiger partial charge in [-0.25, -0.2) is 0 Å². The molecule has 96 valence electrons. The first-order valence-electron chi connectivity index (χ1n) is 5.22. The maximum atomic E-state index is 11.0. The number of benzene rings is 2. The zero-order valence-corrected chi connectivity index (χ0v) is 10.7. The molecule has 0 aromatic heterocycles. The number of rotatable bonds is 3. The van der Waals surface area contributed by atoms with Crippen LogP contribution in [0.4, 0.5) is 0 Å². The van der Waals surface area contributed by atoms with Crippen LogP contribution in [-0.4, -0.2) is 11.9 Å². The third-order valence-electron chi connectivity index (χ3n) is 2.58. The van der Waals surface area contributed by atoms with E-state index in [-0.39, 0.29) is 28.2 Å². The minimum atomic E-state index is -1.35. The van der Waals surface area contributed by atoms with Crippen LogP contribution >= 0.6 is 0 Å². The van der Waals surface area contributed by atoms with E-state index in [9.17, 15) is 19.8 Å². The molecule has 2 aromatic rings. The Hall–Kier alpha value is -2.10. The van der Waals surface area contributed by atoms with Crippen LogP contribution in [0.25, 0.3) is 11.1 Å². The van der Waals surface area contributed by atoms with E-state index in [0.29, 0.717) is 11.1 Å². The molecule has 4 nitrogen and oxygen atoms in total. The first-order chi connectivity index (χ1) is 8.61. The molecule has 0 aliphatic rings. The predicted octanol–water partition coefficient (Wildman–Crippen LogP) is 0.0781. The van der Waals surface area contributed by atoms with Crippen LogP contribution in [0, 0.1) is 0 Å². The van der Waals surface area contributed by atoms with E-state index in [1.807, 2.05) is 0 Å². The van der Waals surface area contributed by atoms with Gasteiger partial charge >= 0.3 is 17.1 Å². The Morgan fingerprint density at radius 3 is 1.32 bits per heavy atom. The fraction of sp³-hybridized carbons (Fsp3) is 0. The summed E-state index contributed by atoms with van der Waals surface area (Å²) in [5.74, 6) is -2.70. The fourth-order valence-electron chi connectivity index (χ4n) is 1.79. The first kappa shape index (κ1) is 15.0. The summed E-state index contributed by atoms with van der Waals surface area (Å²) in [4.78, 5) is 22.0. The molecule has 0 radical (unpaired) electrons. The van der Waals surface area contributed by atoms with E-state index in [1.54, 1.807) is 24.3 Å². The average molecular weight is 296 g/mol. The molecule has 2 aromatic carbocycles. The van der Waals surface area contributed by atoms with Gasteiger partial charge in [-0.15, -0.1) is 0 Å². The van der Waals surface area contributed by atoms with Gasteiger partial charge in [0.15, 0.2) is 0 Å². The summed E-state index contributed by atoms with van der Waals surface area (Å²) < 4.78 is 0. The minimum Gasteiger partial charge on any atom is -0.545 e. The summed E-state index contributed by atoms with van der Waals surface area (Å²) in [6.07, 6.45) is 0. The van der Waals surface area contributed by atoms with E-state index in [2.05, 4.69) is 0 Å². The molecule has 0 saturated heterocycles. The molecule has 0 amide bonds. The van der Waals surface area contributed by atoms with Gasteiger partial charge in [-0.2, -0.15) is 0 Å². The second-order valence-corrected chi connectivity index (χ2v) is 3.67. The quantitative estimate of drug-likeness (QED) is 0.751. The van der Waals surface area contributed by atoms with Gasteiger partial charge in [-0.1, -0.05) is 48.5 Å². The van der Waals surface area contributed by atoms with Gasteiger partial charge in [0.25, 0.3) is 0 Å². The fourth-order valence-corrected chi connectivity index (χ4v) is 1.79. The monoisotopic (exact) mass is 296 g/mol. The Bertz CT molecular complexity index is 567. The van der Waals surface area contributed by atoms with Crippen LogP contribution in [0.1, 0.15) is 20.7 Å². The Balaban J connectivity index is 0.00000180. The Morgan fingerprint density at radius 2 is 1.00 bits per heavy atom. The Morgan fingerprint density at radius 1 is 0.684 bits per heavy atom. The molecule has 0 fully saturated rings. The summed E-state index contributed by atoms with van der Waals surface area (Å²) in [5.41, 5.74) is 0.506. The van der Waals surface area contributed by atoms with E-state index in [1.165, 1.54) is 24.3 Å². The van der Waals surface area contributed by atoms with E-state index >= 15 is 0 Å². The molecule has 0 aliphatic carbocycles. The minimum absolute atomic E-state index is 0. The van der Waals surface area contributed by atoms with Gasteiger partial charge in [0.1, 0.15) is 0 Å². The molecule has 0 spiro atoms. The largest absolute Gasteiger partial charge is 2.00 e. The summed E-state index contributed by atoms with van der Waals surface area (Å²) >= 11 is 0. The third kappa shape index (κ3) is 3.02. The number of hydrogen-bond acceptors (Lipinski definition) is 4. The molecule has 5 heteroatoms. The summed E-state index contributed by atoms with van der Waals surface area (Å²) in [7, 11) is 0. The van der Waals surface area contributed by atoms with Crippen LogP contribution in [0.3, 0.4) is 0 Å². The molecule has 2 rings (SSSR count). The number of aromatic carboxylic acids is 2. The first-order valence-corrected chi connectivity index (χ1v) is 5.22. The Labute approximate surface area is 120 Å². The summed E-state index contributed by atoms with van der Waals surface area (Å²) in [6, 6.07) is 12.2. The third-order valence-corrected chi connectivity index (χ3v) is 2.58. The van der Waals surface area contributed by atoms with Crippen molar-refractivity contribution < 1.29 is 36.9 Å². The molecule has 0 saturated carbocycles. The molecular formula is C14H8FeO4. The van der Waals surface area contributed by atoms with Crippen molar-refractivity contribution >= 4 is 11.9 Å². The molecule has 0 atom stereocenters. The van der Waals surface area contributed by atoms with Crippen molar-refractivity contribution in [2.45, 2.75) is 0 Å². The zero-order chi connectivity index (χ0) is 13.1. The molecule has 0 bridgehead atoms. The molecule has 0 N–H and O–H groups in total. The number of carboxylic acids is 2. The number of carbonyl (C=O) groups is 2. The van der Waals surface area contributed by atoms with Crippen molar-refractivity contribution in [1.82, 2.24) is 0 Å². The number of hydrogen-bond donors (Lipinski definition) is 0. The molecule has 0 heterocycles. The molecular weight excluding hydrogens is 288 g/mol. The van der Waals surface area contributed by atoms with E-state index in [0.717, 1.165) is 0 Å². The summed E-state index contributed by atoms with van der Waals surface area (Å²) in [5, 5.41) is 22.0. The van der Waals surface area contributed by atoms with Crippen LogP contribution in [-0.2, 0) is 17.1 Å². The van der Waals surface area contributed by atoms with Crippen LogP contribution in [0.5, 0.6) is 0 Å². The van der Waals surface area contributed by atoms with E-state index in [4.69, 9.17) is 0 Å². The van der Waals surface area contributed by atoms with Crippen LogP contribution < -0.4 is 10.2 Å². The standard InChI is InChI=1S/C14H10O4.Fe/c15-13(16)11-7-3-1-5-9(11)10-6-2-4-8-12(10)14(17)18;/h1-8H,(H,15,16)(H,17,18);/q;+2/p-2. The SMILES string of the molecule is O=C([O-])c1ccccc1-c1ccccc1C(=O)[O-].[Fe+2].